The van der Waals surface area contributed by atoms with Crippen LogP contribution in [0.5, 0.6) is 0 Å². The Kier molecular flexibility index (Phi) is 13.8. The third-order valence-electron chi connectivity index (χ3n) is 5.84. The molecule has 1 aliphatic rings. The van der Waals surface area contributed by atoms with Crippen LogP contribution in [0.15, 0.2) is 12.2 Å². The molecule has 0 aromatic heterocycles. The standard InChI is InChI=1S/C24H37BN6O7/c1-14(2)20(30-17(32)9-5-4-6-13-31-18(33)10-11-19(31)34)23(37)29-16(8-7-12-27-24(26)38)22(36)28-15(3)21(25)35/h10-11,14-16,20H,4-9,12-13H2,1-3H3,(H,28,36)(H,29,37)(H,30,32)(H3,26,27,38)/t15-,16-,20?/m0/s1. The Labute approximate surface area is 223 Å². The second kappa shape index (κ2) is 16.2. The van der Waals surface area contributed by atoms with Crippen LogP contribution in [0.1, 0.15) is 59.3 Å². The number of hydrogen-bond donors (Lipinski definition) is 5. The molecule has 13 nitrogen and oxygen atoms in total. The summed E-state index contributed by atoms with van der Waals surface area (Å²) < 4.78 is 0. The van der Waals surface area contributed by atoms with Crippen molar-refractivity contribution in [3.63, 3.8) is 0 Å². The van der Waals surface area contributed by atoms with Gasteiger partial charge in [-0.25, -0.2) is 4.79 Å². The number of nitrogens with one attached hydrogen (secondary N) is 4. The molecule has 6 N–H and O–H groups in total. The van der Waals surface area contributed by atoms with E-state index in [0.29, 0.717) is 25.7 Å². The molecule has 1 heterocycles. The van der Waals surface area contributed by atoms with Crippen molar-refractivity contribution >= 4 is 49.1 Å². The van der Waals surface area contributed by atoms with E-state index in [9.17, 15) is 33.6 Å². The number of nitrogens with zero attached hydrogens (tertiary/aromatic N) is 1. The molecule has 0 spiro atoms. The summed E-state index contributed by atoms with van der Waals surface area (Å²) in [6.45, 7) is 5.33. The van der Waals surface area contributed by atoms with Gasteiger partial charge < -0.3 is 31.8 Å². The maximum atomic E-state index is 13.0. The maximum Gasteiger partial charge on any atom is 0.312 e. The maximum absolute atomic E-state index is 13.0. The summed E-state index contributed by atoms with van der Waals surface area (Å²) in [7, 11) is 5.20. The summed E-state index contributed by atoms with van der Waals surface area (Å²) in [5, 5.41) is 10.1. The second-order valence-corrected chi connectivity index (χ2v) is 9.39. The van der Waals surface area contributed by atoms with E-state index in [4.69, 9.17) is 13.6 Å². The van der Waals surface area contributed by atoms with Crippen LogP contribution in [0, 0.1) is 5.92 Å². The topological polar surface area (TPSA) is 197 Å². The van der Waals surface area contributed by atoms with Crippen molar-refractivity contribution in [1.82, 2.24) is 26.2 Å². The third-order valence-corrected chi connectivity index (χ3v) is 5.84. The third kappa shape index (κ3) is 11.6. The van der Waals surface area contributed by atoms with E-state index in [2.05, 4.69) is 21.3 Å². The van der Waals surface area contributed by atoms with Gasteiger partial charge in [0.25, 0.3) is 11.8 Å². The Bertz CT molecular complexity index is 921. The number of nitrogens with two attached hydrogens (primary N) is 1. The summed E-state index contributed by atoms with van der Waals surface area (Å²) >= 11 is 0. The molecule has 7 amide bonds. The molecule has 0 aromatic rings. The smallest absolute Gasteiger partial charge is 0.312 e. The van der Waals surface area contributed by atoms with Gasteiger partial charge >= 0.3 is 6.03 Å². The van der Waals surface area contributed by atoms with Gasteiger partial charge in [0.1, 0.15) is 12.1 Å². The molecule has 1 aliphatic heterocycles. The van der Waals surface area contributed by atoms with Crippen LogP contribution in [-0.2, 0) is 28.8 Å². The number of imide groups is 1. The van der Waals surface area contributed by atoms with Crippen LogP contribution in [0.25, 0.3) is 0 Å². The minimum absolute atomic E-state index is 0.125. The molecule has 14 heteroatoms. The van der Waals surface area contributed by atoms with Gasteiger partial charge in [0, 0.05) is 31.7 Å². The van der Waals surface area contributed by atoms with E-state index < -0.39 is 41.7 Å². The minimum atomic E-state index is -1.05. The molecule has 0 saturated carbocycles. The average molecular weight is 532 g/mol. The lowest BCUT2D eigenvalue weighted by molar-refractivity contribution is -0.137. The van der Waals surface area contributed by atoms with Crippen molar-refractivity contribution in [3.05, 3.63) is 12.2 Å². The molecule has 1 rings (SSSR count). The van der Waals surface area contributed by atoms with Crippen molar-refractivity contribution in [1.29, 1.82) is 0 Å². The Hall–Kier alpha value is -3.71. The van der Waals surface area contributed by atoms with Gasteiger partial charge in [0.2, 0.25) is 17.7 Å². The zero-order chi connectivity index (χ0) is 28.8. The first-order chi connectivity index (χ1) is 17.8. The zero-order valence-corrected chi connectivity index (χ0v) is 22.1. The summed E-state index contributed by atoms with van der Waals surface area (Å²) in [6, 6.07) is -3.68. The molecule has 0 aromatic carbocycles. The molecular weight excluding hydrogens is 495 g/mol. The van der Waals surface area contributed by atoms with Crippen molar-refractivity contribution < 1.29 is 33.6 Å². The van der Waals surface area contributed by atoms with Crippen LogP contribution < -0.4 is 27.0 Å². The van der Waals surface area contributed by atoms with E-state index in [1.165, 1.54) is 19.1 Å². The van der Waals surface area contributed by atoms with Crippen molar-refractivity contribution in [2.45, 2.75) is 77.4 Å². The van der Waals surface area contributed by atoms with E-state index in [1.54, 1.807) is 13.8 Å². The van der Waals surface area contributed by atoms with Gasteiger partial charge in [-0.1, -0.05) is 20.3 Å². The van der Waals surface area contributed by atoms with E-state index in [-0.39, 0.29) is 49.6 Å². The second-order valence-electron chi connectivity index (χ2n) is 9.39. The molecule has 0 bridgehead atoms. The number of urea groups is 1. The summed E-state index contributed by atoms with van der Waals surface area (Å²) in [5.41, 5.74) is 4.29. The van der Waals surface area contributed by atoms with E-state index >= 15 is 0 Å². The fourth-order valence-corrected chi connectivity index (χ4v) is 3.60. The normalized spacial score (nSPS) is 15.1. The highest BCUT2D eigenvalue weighted by Crippen LogP contribution is 2.09. The van der Waals surface area contributed by atoms with Crippen LogP contribution in [0.4, 0.5) is 4.79 Å². The zero-order valence-electron chi connectivity index (χ0n) is 22.1. The largest absolute Gasteiger partial charge is 0.352 e. The Morgan fingerprint density at radius 2 is 1.53 bits per heavy atom. The SMILES string of the molecule is [B]C(=O)[C@H](C)NC(=O)[C@H](CCCNC(N)=O)NC(=O)C(NC(=O)CCCCCN1C(=O)C=CC1=O)C(C)C. The molecular formula is C24H37BN6O7. The highest BCUT2D eigenvalue weighted by Gasteiger charge is 2.29. The van der Waals surface area contributed by atoms with Gasteiger partial charge in [-0.2, -0.15) is 0 Å². The lowest BCUT2D eigenvalue weighted by atomic mass is 9.95. The van der Waals surface area contributed by atoms with E-state index in [0.717, 1.165) is 4.90 Å². The van der Waals surface area contributed by atoms with Gasteiger partial charge in [-0.15, -0.1) is 0 Å². The molecule has 3 atom stereocenters. The fraction of sp³-hybridized carbons (Fsp3) is 0.625. The van der Waals surface area contributed by atoms with Gasteiger partial charge in [-0.3, -0.25) is 28.9 Å². The van der Waals surface area contributed by atoms with Crippen LogP contribution in [-0.4, -0.2) is 85.2 Å². The highest BCUT2D eigenvalue weighted by atomic mass is 16.2. The van der Waals surface area contributed by atoms with Gasteiger partial charge in [0.15, 0.2) is 7.85 Å². The summed E-state index contributed by atoms with van der Waals surface area (Å²) in [5.74, 6) is -2.58. The van der Waals surface area contributed by atoms with Gasteiger partial charge in [0.05, 0.1) is 11.7 Å². The molecule has 0 saturated heterocycles. The molecule has 2 radical (unpaired) electrons. The number of carbonyl (C=O) groups is 7. The Morgan fingerprint density at radius 1 is 0.895 bits per heavy atom. The minimum Gasteiger partial charge on any atom is -0.352 e. The molecule has 0 aliphatic carbocycles. The van der Waals surface area contributed by atoms with Crippen LogP contribution in [0.3, 0.4) is 0 Å². The first-order valence-electron chi connectivity index (χ1n) is 12.6. The molecule has 1 unspecified atom stereocenters. The van der Waals surface area contributed by atoms with Crippen molar-refractivity contribution in [2.75, 3.05) is 13.1 Å². The number of primary amides is 1. The monoisotopic (exact) mass is 532 g/mol. The first-order valence-corrected chi connectivity index (χ1v) is 12.6. The number of amides is 7. The number of rotatable bonds is 17. The van der Waals surface area contributed by atoms with Gasteiger partial charge in [-0.05, 0) is 38.5 Å². The number of hydrogen-bond acceptors (Lipinski definition) is 7. The molecule has 208 valence electrons. The van der Waals surface area contributed by atoms with Crippen molar-refractivity contribution in [2.24, 2.45) is 11.7 Å². The van der Waals surface area contributed by atoms with Crippen molar-refractivity contribution in [3.8, 4) is 0 Å². The number of unbranched alkanes of at least 4 members (excludes halogenated alkanes) is 2. The first kappa shape index (κ1) is 32.3. The summed E-state index contributed by atoms with van der Waals surface area (Å²) in [6.07, 6.45) is 4.64. The van der Waals surface area contributed by atoms with Crippen LogP contribution >= 0.6 is 0 Å². The lowest BCUT2D eigenvalue weighted by Crippen LogP contribution is -2.56. The quantitative estimate of drug-likeness (QED) is 0.0876. The predicted octanol–water partition coefficient (Wildman–Crippen LogP) is -1.25. The summed E-state index contributed by atoms with van der Waals surface area (Å²) in [4.78, 5) is 84.7. The average Bonchev–Trinajstić information content (AvgIpc) is 3.15. The fourth-order valence-electron chi connectivity index (χ4n) is 3.60. The lowest BCUT2D eigenvalue weighted by Gasteiger charge is -2.26. The highest BCUT2D eigenvalue weighted by molar-refractivity contribution is 6.59. The Morgan fingerprint density at radius 3 is 2.08 bits per heavy atom. The molecule has 38 heavy (non-hydrogen) atoms. The number of carbonyl (C=O) groups excluding carboxylic acids is 7. The van der Waals surface area contributed by atoms with Crippen LogP contribution in [0.2, 0.25) is 0 Å². The Balaban J connectivity index is 2.63. The molecule has 0 fully saturated rings. The van der Waals surface area contributed by atoms with E-state index in [1.807, 2.05) is 0 Å². The predicted molar refractivity (Wildman–Crippen MR) is 138 cm³/mol.